The molecule has 1 aliphatic carbocycles. The Labute approximate surface area is 116 Å². The number of benzene rings is 1. The van der Waals surface area contributed by atoms with Gasteiger partial charge in [-0.05, 0) is 62.3 Å². The Hall–Kier alpha value is -0.690. The maximum atomic E-state index is 5.99. The molecule has 1 aromatic rings. The van der Waals surface area contributed by atoms with Crippen molar-refractivity contribution in [2.24, 2.45) is 5.92 Å². The highest BCUT2D eigenvalue weighted by Gasteiger charge is 2.20. The molecule has 2 rings (SSSR count). The van der Waals surface area contributed by atoms with Crippen LogP contribution in [0.15, 0.2) is 18.2 Å². The number of rotatable bonds is 4. The van der Waals surface area contributed by atoms with Crippen LogP contribution in [0, 0.1) is 12.8 Å². The van der Waals surface area contributed by atoms with Gasteiger partial charge in [-0.25, -0.2) is 0 Å². The smallest absolute Gasteiger partial charge is 0.0410 e. The normalized spacial score (nSPS) is 23.9. The van der Waals surface area contributed by atoms with E-state index in [-0.39, 0.29) is 0 Å². The van der Waals surface area contributed by atoms with Crippen LogP contribution in [-0.4, -0.2) is 6.04 Å². The molecule has 0 aliphatic heterocycles. The Morgan fingerprint density at radius 2 is 1.94 bits per heavy atom. The van der Waals surface area contributed by atoms with E-state index in [9.17, 15) is 0 Å². The molecule has 0 bridgehead atoms. The average molecular weight is 266 g/mol. The van der Waals surface area contributed by atoms with Crippen LogP contribution in [-0.2, 0) is 0 Å². The van der Waals surface area contributed by atoms with Crippen molar-refractivity contribution in [3.8, 4) is 0 Å². The van der Waals surface area contributed by atoms with E-state index in [1.165, 1.54) is 49.8 Å². The monoisotopic (exact) mass is 265 g/mol. The molecule has 0 radical (unpaired) electrons. The summed E-state index contributed by atoms with van der Waals surface area (Å²) in [5, 5.41) is 4.50. The maximum Gasteiger partial charge on any atom is 0.0410 e. The van der Waals surface area contributed by atoms with Gasteiger partial charge in [0.05, 0.1) is 0 Å². The van der Waals surface area contributed by atoms with Gasteiger partial charge in [0.1, 0.15) is 0 Å². The van der Waals surface area contributed by atoms with Gasteiger partial charge >= 0.3 is 0 Å². The lowest BCUT2D eigenvalue weighted by Gasteiger charge is -2.30. The summed E-state index contributed by atoms with van der Waals surface area (Å²) in [7, 11) is 0. The van der Waals surface area contributed by atoms with E-state index < -0.39 is 0 Å². The predicted octanol–water partition coefficient (Wildman–Crippen LogP) is 5.42. The molecule has 1 saturated carbocycles. The van der Waals surface area contributed by atoms with Gasteiger partial charge in [0, 0.05) is 16.8 Å². The van der Waals surface area contributed by atoms with Crippen molar-refractivity contribution in [1.29, 1.82) is 0 Å². The van der Waals surface area contributed by atoms with E-state index in [1.54, 1.807) is 0 Å². The summed E-state index contributed by atoms with van der Waals surface area (Å²) in [6.07, 6.45) is 8.14. The summed E-state index contributed by atoms with van der Waals surface area (Å²) >= 11 is 5.99. The summed E-state index contributed by atoms with van der Waals surface area (Å²) in [6, 6.07) is 6.76. The van der Waals surface area contributed by atoms with Crippen molar-refractivity contribution in [1.82, 2.24) is 0 Å². The third-order valence-electron chi connectivity index (χ3n) is 4.09. The van der Waals surface area contributed by atoms with Crippen LogP contribution in [0.1, 0.15) is 51.0 Å². The number of hydrogen-bond donors (Lipinski definition) is 1. The van der Waals surface area contributed by atoms with Crippen LogP contribution in [0.4, 0.5) is 5.69 Å². The van der Waals surface area contributed by atoms with Gasteiger partial charge in [-0.2, -0.15) is 0 Å². The van der Waals surface area contributed by atoms with Crippen LogP contribution >= 0.6 is 11.6 Å². The molecule has 0 spiro atoms. The van der Waals surface area contributed by atoms with E-state index in [0.717, 1.165) is 10.9 Å². The fourth-order valence-electron chi connectivity index (χ4n) is 3.01. The SMILES string of the molecule is CCCC1CCC(Nc2ccc(Cl)cc2C)CC1. The lowest BCUT2D eigenvalue weighted by molar-refractivity contribution is 0.319. The van der Waals surface area contributed by atoms with Gasteiger partial charge in [-0.15, -0.1) is 0 Å². The molecule has 0 atom stereocenters. The zero-order chi connectivity index (χ0) is 13.0. The summed E-state index contributed by atoms with van der Waals surface area (Å²) in [4.78, 5) is 0. The first kappa shape index (κ1) is 13.7. The molecule has 18 heavy (non-hydrogen) atoms. The number of halogens is 1. The Balaban J connectivity index is 1.87. The third kappa shape index (κ3) is 3.65. The molecule has 100 valence electrons. The van der Waals surface area contributed by atoms with Crippen molar-refractivity contribution in [3.63, 3.8) is 0 Å². The van der Waals surface area contributed by atoms with E-state index in [2.05, 4.69) is 25.2 Å². The van der Waals surface area contributed by atoms with Crippen molar-refractivity contribution in [2.45, 2.75) is 58.4 Å². The molecule has 0 heterocycles. The van der Waals surface area contributed by atoms with Gasteiger partial charge in [0.2, 0.25) is 0 Å². The zero-order valence-corrected chi connectivity index (χ0v) is 12.3. The van der Waals surface area contributed by atoms with E-state index in [0.29, 0.717) is 6.04 Å². The molecule has 1 N–H and O–H groups in total. The number of hydrogen-bond acceptors (Lipinski definition) is 1. The topological polar surface area (TPSA) is 12.0 Å². The van der Waals surface area contributed by atoms with Crippen LogP contribution in [0.25, 0.3) is 0 Å². The molecule has 1 fully saturated rings. The van der Waals surface area contributed by atoms with E-state index >= 15 is 0 Å². The molecule has 1 nitrogen and oxygen atoms in total. The first-order chi connectivity index (χ1) is 8.69. The van der Waals surface area contributed by atoms with Crippen molar-refractivity contribution in [3.05, 3.63) is 28.8 Å². The zero-order valence-electron chi connectivity index (χ0n) is 11.5. The highest BCUT2D eigenvalue weighted by molar-refractivity contribution is 6.30. The van der Waals surface area contributed by atoms with Crippen LogP contribution in [0.3, 0.4) is 0 Å². The van der Waals surface area contributed by atoms with Crippen molar-refractivity contribution in [2.75, 3.05) is 5.32 Å². The fraction of sp³-hybridized carbons (Fsp3) is 0.625. The van der Waals surface area contributed by atoms with Gasteiger partial charge in [0.25, 0.3) is 0 Å². The molecule has 0 unspecified atom stereocenters. The Morgan fingerprint density at radius 1 is 1.22 bits per heavy atom. The molecule has 0 amide bonds. The minimum atomic E-state index is 0.651. The minimum absolute atomic E-state index is 0.651. The maximum absolute atomic E-state index is 5.99. The minimum Gasteiger partial charge on any atom is -0.382 e. The second kappa shape index (κ2) is 6.47. The summed E-state index contributed by atoms with van der Waals surface area (Å²) in [5.41, 5.74) is 2.50. The number of aryl methyl sites for hydroxylation is 1. The lowest BCUT2D eigenvalue weighted by atomic mass is 9.83. The quantitative estimate of drug-likeness (QED) is 0.767. The molecular weight excluding hydrogens is 242 g/mol. The second-order valence-electron chi connectivity index (χ2n) is 5.61. The fourth-order valence-corrected chi connectivity index (χ4v) is 3.24. The van der Waals surface area contributed by atoms with E-state index in [1.807, 2.05) is 12.1 Å². The van der Waals surface area contributed by atoms with Gasteiger partial charge in [-0.1, -0.05) is 31.4 Å². The van der Waals surface area contributed by atoms with E-state index in [4.69, 9.17) is 11.6 Å². The average Bonchev–Trinajstić information content (AvgIpc) is 2.35. The summed E-state index contributed by atoms with van der Waals surface area (Å²) < 4.78 is 0. The highest BCUT2D eigenvalue weighted by atomic mass is 35.5. The third-order valence-corrected chi connectivity index (χ3v) is 4.33. The van der Waals surface area contributed by atoms with Gasteiger partial charge < -0.3 is 5.32 Å². The lowest BCUT2D eigenvalue weighted by Crippen LogP contribution is -2.26. The molecule has 2 heteroatoms. The van der Waals surface area contributed by atoms with Crippen LogP contribution in [0.5, 0.6) is 0 Å². The van der Waals surface area contributed by atoms with Crippen molar-refractivity contribution >= 4 is 17.3 Å². The number of anilines is 1. The van der Waals surface area contributed by atoms with Crippen LogP contribution < -0.4 is 5.32 Å². The Kier molecular flexibility index (Phi) is 4.94. The van der Waals surface area contributed by atoms with Gasteiger partial charge in [0.15, 0.2) is 0 Å². The Morgan fingerprint density at radius 3 is 2.56 bits per heavy atom. The molecule has 1 aromatic carbocycles. The Bertz CT molecular complexity index is 381. The first-order valence-electron chi connectivity index (χ1n) is 7.21. The first-order valence-corrected chi connectivity index (χ1v) is 7.59. The standard InChI is InChI=1S/C16H24ClN/c1-3-4-13-5-8-15(9-6-13)18-16-10-7-14(17)11-12(16)2/h7,10-11,13,15,18H,3-6,8-9H2,1-2H3. The van der Waals surface area contributed by atoms with Gasteiger partial charge in [-0.3, -0.25) is 0 Å². The summed E-state index contributed by atoms with van der Waals surface area (Å²) in [6.45, 7) is 4.42. The highest BCUT2D eigenvalue weighted by Crippen LogP contribution is 2.30. The molecule has 0 saturated heterocycles. The molecule has 1 aliphatic rings. The van der Waals surface area contributed by atoms with Crippen LogP contribution in [0.2, 0.25) is 5.02 Å². The molecular formula is C16H24ClN. The summed E-state index contributed by atoms with van der Waals surface area (Å²) in [5.74, 6) is 0.972. The largest absolute Gasteiger partial charge is 0.382 e. The van der Waals surface area contributed by atoms with Crippen molar-refractivity contribution < 1.29 is 0 Å². The predicted molar refractivity (Wildman–Crippen MR) is 80.5 cm³/mol. The molecule has 0 aromatic heterocycles. The number of nitrogens with one attached hydrogen (secondary N) is 1. The second-order valence-corrected chi connectivity index (χ2v) is 6.05.